The van der Waals surface area contributed by atoms with Crippen LogP contribution in [0.25, 0.3) is 10.6 Å². The summed E-state index contributed by atoms with van der Waals surface area (Å²) in [5.41, 5.74) is 1.52. The topological polar surface area (TPSA) is 77.5 Å². The van der Waals surface area contributed by atoms with E-state index in [1.165, 1.54) is 11.3 Å². The minimum Gasteiger partial charge on any atom is -0.496 e. The van der Waals surface area contributed by atoms with Crippen LogP contribution in [0.1, 0.15) is 32.4 Å². The van der Waals surface area contributed by atoms with Crippen molar-refractivity contribution in [2.24, 2.45) is 5.92 Å². The first kappa shape index (κ1) is 21.4. The van der Waals surface area contributed by atoms with Crippen molar-refractivity contribution in [1.82, 2.24) is 10.3 Å². The number of halogens is 1. The Morgan fingerprint density at radius 2 is 2.11 bits per heavy atom. The maximum Gasteiger partial charge on any atom is 0.325 e. The van der Waals surface area contributed by atoms with Gasteiger partial charge in [0, 0.05) is 16.3 Å². The molecule has 0 aliphatic carbocycles. The van der Waals surface area contributed by atoms with Crippen LogP contribution in [-0.4, -0.2) is 30.5 Å². The normalized spacial score (nSPS) is 10.7. The van der Waals surface area contributed by atoms with Gasteiger partial charge in [0.25, 0.3) is 0 Å². The van der Waals surface area contributed by atoms with Gasteiger partial charge < -0.3 is 14.8 Å². The van der Waals surface area contributed by atoms with Crippen molar-refractivity contribution in [3.8, 4) is 16.3 Å². The fraction of sp³-hybridized carbons (Fsp3) is 0.421. The molecule has 6 nitrogen and oxygen atoms in total. The van der Waals surface area contributed by atoms with Crippen LogP contribution < -0.4 is 10.1 Å². The number of nitrogens with zero attached hydrogens (tertiary/aromatic N) is 1. The van der Waals surface area contributed by atoms with E-state index in [-0.39, 0.29) is 19.1 Å². The predicted octanol–water partition coefficient (Wildman–Crippen LogP) is 4.18. The van der Waals surface area contributed by atoms with Crippen molar-refractivity contribution in [1.29, 1.82) is 0 Å². The number of amides is 1. The highest BCUT2D eigenvalue weighted by molar-refractivity contribution is 9.10. The zero-order chi connectivity index (χ0) is 19.8. The highest BCUT2D eigenvalue weighted by Crippen LogP contribution is 2.34. The third-order valence-corrected chi connectivity index (χ3v) is 5.12. The first-order valence-electron chi connectivity index (χ1n) is 8.59. The smallest absolute Gasteiger partial charge is 0.325 e. The van der Waals surface area contributed by atoms with Gasteiger partial charge in [0.15, 0.2) is 0 Å². The van der Waals surface area contributed by atoms with Gasteiger partial charge >= 0.3 is 5.97 Å². The minimum absolute atomic E-state index is 0.0630. The number of nitrogens with one attached hydrogen (secondary N) is 1. The minimum atomic E-state index is -0.484. The lowest BCUT2D eigenvalue weighted by Gasteiger charge is -2.07. The van der Waals surface area contributed by atoms with E-state index in [9.17, 15) is 9.59 Å². The molecular formula is C19H23BrN2O4S. The number of rotatable bonds is 9. The van der Waals surface area contributed by atoms with Gasteiger partial charge in [-0.3, -0.25) is 9.59 Å². The standard InChI is InChI=1S/C19H23BrN2O4S/c1-12(2)4-7-17(23)21-9-18(24)26-10-14-11-27-19(22-14)15-8-13(20)5-6-16(15)25-3/h5-6,8,11-12H,4,7,9-10H2,1-3H3,(H,21,23). The van der Waals surface area contributed by atoms with Crippen molar-refractivity contribution in [3.05, 3.63) is 33.7 Å². The Labute approximate surface area is 171 Å². The van der Waals surface area contributed by atoms with Gasteiger partial charge in [-0.2, -0.15) is 0 Å². The van der Waals surface area contributed by atoms with Gasteiger partial charge in [0.05, 0.1) is 18.4 Å². The van der Waals surface area contributed by atoms with Crippen molar-refractivity contribution in [2.45, 2.75) is 33.3 Å². The molecule has 1 amide bonds. The molecule has 0 aliphatic rings. The summed E-state index contributed by atoms with van der Waals surface area (Å²) >= 11 is 4.89. The van der Waals surface area contributed by atoms with Gasteiger partial charge in [-0.05, 0) is 30.5 Å². The van der Waals surface area contributed by atoms with Crippen LogP contribution in [0, 0.1) is 5.92 Å². The Morgan fingerprint density at radius 3 is 2.81 bits per heavy atom. The quantitative estimate of drug-likeness (QED) is 0.575. The molecule has 0 saturated heterocycles. The van der Waals surface area contributed by atoms with Crippen molar-refractivity contribution < 1.29 is 19.1 Å². The first-order valence-corrected chi connectivity index (χ1v) is 10.3. The van der Waals surface area contributed by atoms with Crippen molar-refractivity contribution >= 4 is 39.1 Å². The number of thiazole rings is 1. The summed E-state index contributed by atoms with van der Waals surface area (Å²) < 4.78 is 11.5. The fourth-order valence-corrected chi connectivity index (χ4v) is 3.41. The average molecular weight is 455 g/mol. The molecule has 0 bridgehead atoms. The third-order valence-electron chi connectivity index (χ3n) is 3.70. The summed E-state index contributed by atoms with van der Waals surface area (Å²) in [5.74, 6) is 0.548. The second-order valence-electron chi connectivity index (χ2n) is 6.36. The Morgan fingerprint density at radius 1 is 1.33 bits per heavy atom. The van der Waals surface area contributed by atoms with E-state index in [0.29, 0.717) is 18.0 Å². The molecule has 1 N–H and O–H groups in total. The van der Waals surface area contributed by atoms with E-state index >= 15 is 0 Å². The molecule has 2 aromatic rings. The number of esters is 1. The Kier molecular flexibility index (Phi) is 8.24. The fourth-order valence-electron chi connectivity index (χ4n) is 2.23. The second kappa shape index (κ2) is 10.4. The molecule has 0 atom stereocenters. The number of ether oxygens (including phenoxy) is 2. The van der Waals surface area contributed by atoms with Crippen molar-refractivity contribution in [3.63, 3.8) is 0 Å². The molecule has 27 heavy (non-hydrogen) atoms. The van der Waals surface area contributed by atoms with Gasteiger partial charge in [-0.25, -0.2) is 4.98 Å². The summed E-state index contributed by atoms with van der Waals surface area (Å²) in [7, 11) is 1.61. The highest BCUT2D eigenvalue weighted by atomic mass is 79.9. The molecule has 1 aromatic carbocycles. The number of hydrogen-bond donors (Lipinski definition) is 1. The maximum atomic E-state index is 11.8. The maximum absolute atomic E-state index is 11.8. The molecule has 1 heterocycles. The zero-order valence-corrected chi connectivity index (χ0v) is 18.0. The summed E-state index contributed by atoms with van der Waals surface area (Å²) in [5, 5.41) is 5.19. The lowest BCUT2D eigenvalue weighted by Crippen LogP contribution is -2.30. The predicted molar refractivity (Wildman–Crippen MR) is 109 cm³/mol. The van der Waals surface area contributed by atoms with E-state index in [1.54, 1.807) is 7.11 Å². The van der Waals surface area contributed by atoms with Gasteiger partial charge in [0.1, 0.15) is 23.9 Å². The molecule has 146 valence electrons. The van der Waals surface area contributed by atoms with Gasteiger partial charge in [-0.15, -0.1) is 11.3 Å². The van der Waals surface area contributed by atoms with Crippen LogP contribution in [0.2, 0.25) is 0 Å². The largest absolute Gasteiger partial charge is 0.496 e. The van der Waals surface area contributed by atoms with Crippen LogP contribution in [0.3, 0.4) is 0 Å². The molecule has 0 unspecified atom stereocenters. The molecule has 0 radical (unpaired) electrons. The van der Waals surface area contributed by atoms with E-state index in [4.69, 9.17) is 9.47 Å². The van der Waals surface area contributed by atoms with E-state index in [0.717, 1.165) is 27.2 Å². The summed E-state index contributed by atoms with van der Waals surface area (Å²) in [6.07, 6.45) is 1.20. The zero-order valence-electron chi connectivity index (χ0n) is 15.6. The van der Waals surface area contributed by atoms with Crippen LogP contribution >= 0.6 is 27.3 Å². The molecule has 2 rings (SSSR count). The Balaban J connectivity index is 1.85. The number of carbonyl (C=O) groups excluding carboxylic acids is 2. The lowest BCUT2D eigenvalue weighted by atomic mass is 10.1. The SMILES string of the molecule is COc1ccc(Br)cc1-c1nc(COC(=O)CNC(=O)CCC(C)C)cs1. The van der Waals surface area contributed by atoms with E-state index in [2.05, 4.69) is 26.2 Å². The average Bonchev–Trinajstić information content (AvgIpc) is 3.11. The van der Waals surface area contributed by atoms with Crippen LogP contribution in [-0.2, 0) is 20.9 Å². The van der Waals surface area contributed by atoms with E-state index in [1.807, 2.05) is 37.4 Å². The summed E-state index contributed by atoms with van der Waals surface area (Å²) in [6, 6.07) is 5.69. The Bertz CT molecular complexity index is 792. The second-order valence-corrected chi connectivity index (χ2v) is 8.13. The van der Waals surface area contributed by atoms with Crippen molar-refractivity contribution in [2.75, 3.05) is 13.7 Å². The summed E-state index contributed by atoms with van der Waals surface area (Å²) in [6.45, 7) is 4.03. The van der Waals surface area contributed by atoms with Crippen LogP contribution in [0.5, 0.6) is 5.75 Å². The molecule has 1 aromatic heterocycles. The molecule has 0 aliphatic heterocycles. The number of aromatic nitrogens is 1. The summed E-state index contributed by atoms with van der Waals surface area (Å²) in [4.78, 5) is 27.9. The number of methoxy groups -OCH3 is 1. The molecular weight excluding hydrogens is 432 g/mol. The van der Waals surface area contributed by atoms with Crippen LogP contribution in [0.4, 0.5) is 0 Å². The molecule has 0 saturated carbocycles. The monoisotopic (exact) mass is 454 g/mol. The highest BCUT2D eigenvalue weighted by Gasteiger charge is 2.13. The Hall–Kier alpha value is -1.93. The number of benzene rings is 1. The molecule has 8 heteroatoms. The third kappa shape index (κ3) is 6.95. The van der Waals surface area contributed by atoms with Crippen LogP contribution in [0.15, 0.2) is 28.1 Å². The van der Waals surface area contributed by atoms with Gasteiger partial charge in [0.2, 0.25) is 5.91 Å². The van der Waals surface area contributed by atoms with E-state index < -0.39 is 5.97 Å². The number of carbonyl (C=O) groups is 2. The molecule has 0 spiro atoms. The first-order chi connectivity index (χ1) is 12.9. The molecule has 0 fully saturated rings. The van der Waals surface area contributed by atoms with Gasteiger partial charge in [-0.1, -0.05) is 29.8 Å². The lowest BCUT2D eigenvalue weighted by molar-refractivity contribution is -0.145. The number of hydrogen-bond acceptors (Lipinski definition) is 6.